The molecule has 0 heterocycles. The van der Waals surface area contributed by atoms with Gasteiger partial charge in [-0.25, -0.2) is 0 Å². The van der Waals surface area contributed by atoms with Crippen LogP contribution in [0.15, 0.2) is 54.6 Å². The van der Waals surface area contributed by atoms with Crippen LogP contribution in [0.5, 0.6) is 5.75 Å². The van der Waals surface area contributed by atoms with Crippen molar-refractivity contribution < 1.29 is 9.53 Å². The number of amides is 1. The summed E-state index contributed by atoms with van der Waals surface area (Å²) in [5.74, 6) is 1.21. The Morgan fingerprint density at radius 3 is 2.50 bits per heavy atom. The van der Waals surface area contributed by atoms with Gasteiger partial charge in [-0.15, -0.1) is 12.4 Å². The molecule has 0 aromatic heterocycles. The number of rotatable bonds is 8. The lowest BCUT2D eigenvalue weighted by atomic mass is 9.94. The molecule has 1 amide bonds. The van der Waals surface area contributed by atoms with Gasteiger partial charge in [-0.3, -0.25) is 4.79 Å². The Morgan fingerprint density at radius 2 is 1.81 bits per heavy atom. The van der Waals surface area contributed by atoms with Crippen LogP contribution in [-0.4, -0.2) is 12.5 Å². The fraction of sp³-hybridized carbons (Fsp3) is 0.381. The van der Waals surface area contributed by atoms with Crippen LogP contribution in [0.3, 0.4) is 0 Å². The van der Waals surface area contributed by atoms with Crippen LogP contribution in [-0.2, 0) is 11.3 Å². The summed E-state index contributed by atoms with van der Waals surface area (Å²) in [6.07, 6.45) is 2.52. The van der Waals surface area contributed by atoms with Crippen LogP contribution in [0.25, 0.3) is 0 Å². The molecule has 0 bridgehead atoms. The molecule has 3 N–H and O–H groups in total. The number of halogens is 1. The average molecular weight is 375 g/mol. The van der Waals surface area contributed by atoms with E-state index in [1.54, 1.807) is 0 Å². The van der Waals surface area contributed by atoms with Crippen LogP contribution in [0.2, 0.25) is 0 Å². The number of nitrogens with one attached hydrogen (secondary N) is 1. The second kappa shape index (κ2) is 9.60. The molecule has 4 nitrogen and oxygen atoms in total. The maximum atomic E-state index is 12.5. The molecule has 1 aliphatic rings. The predicted molar refractivity (Wildman–Crippen MR) is 106 cm³/mol. The van der Waals surface area contributed by atoms with E-state index in [1.165, 1.54) is 12.8 Å². The Kier molecular flexibility index (Phi) is 7.49. The Labute approximate surface area is 161 Å². The molecule has 2 unspecified atom stereocenters. The van der Waals surface area contributed by atoms with Crippen LogP contribution < -0.4 is 15.8 Å². The first-order valence-corrected chi connectivity index (χ1v) is 8.94. The molecule has 0 radical (unpaired) electrons. The van der Waals surface area contributed by atoms with E-state index in [-0.39, 0.29) is 30.3 Å². The summed E-state index contributed by atoms with van der Waals surface area (Å²) < 4.78 is 5.89. The minimum absolute atomic E-state index is 0. The van der Waals surface area contributed by atoms with Gasteiger partial charge in [0.2, 0.25) is 5.91 Å². The van der Waals surface area contributed by atoms with Gasteiger partial charge in [0.25, 0.3) is 0 Å². The number of carbonyl (C=O) groups is 1. The minimum Gasteiger partial charge on any atom is -0.493 e. The van der Waals surface area contributed by atoms with Gasteiger partial charge in [-0.2, -0.15) is 0 Å². The van der Waals surface area contributed by atoms with Crippen molar-refractivity contribution >= 4 is 18.3 Å². The number of carbonyl (C=O) groups excluding carboxylic acids is 1. The lowest BCUT2D eigenvalue weighted by molar-refractivity contribution is -0.125. The van der Waals surface area contributed by atoms with Crippen LogP contribution in [0, 0.1) is 11.8 Å². The van der Waals surface area contributed by atoms with Gasteiger partial charge in [0.15, 0.2) is 0 Å². The number of benzene rings is 2. The van der Waals surface area contributed by atoms with Crippen molar-refractivity contribution in [2.75, 3.05) is 6.61 Å². The lowest BCUT2D eigenvalue weighted by Gasteiger charge is -2.20. The summed E-state index contributed by atoms with van der Waals surface area (Å²) in [5, 5.41) is 2.99. The highest BCUT2D eigenvalue weighted by Crippen LogP contribution is 2.30. The first-order chi connectivity index (χ1) is 12.1. The summed E-state index contributed by atoms with van der Waals surface area (Å²) >= 11 is 0. The molecular formula is C21H27ClN2O2. The molecule has 0 saturated heterocycles. The normalized spacial score (nSPS) is 15.5. The highest BCUT2D eigenvalue weighted by molar-refractivity contribution is 5.85. The second-order valence-electron chi connectivity index (χ2n) is 6.81. The van der Waals surface area contributed by atoms with Gasteiger partial charge in [0.1, 0.15) is 5.75 Å². The van der Waals surface area contributed by atoms with Gasteiger partial charge in [-0.05, 0) is 30.4 Å². The molecule has 1 fully saturated rings. The van der Waals surface area contributed by atoms with Crippen molar-refractivity contribution in [1.29, 1.82) is 0 Å². The maximum absolute atomic E-state index is 12.5. The highest BCUT2D eigenvalue weighted by Gasteiger charge is 2.23. The third-order valence-electron chi connectivity index (χ3n) is 4.73. The topological polar surface area (TPSA) is 64.3 Å². The zero-order valence-electron chi connectivity index (χ0n) is 15.1. The van der Waals surface area contributed by atoms with Crippen molar-refractivity contribution in [2.24, 2.45) is 17.6 Å². The van der Waals surface area contributed by atoms with Crippen molar-refractivity contribution in [3.8, 4) is 5.75 Å². The molecular weight excluding hydrogens is 348 g/mol. The third kappa shape index (κ3) is 5.48. The van der Waals surface area contributed by atoms with Crippen molar-refractivity contribution in [3.05, 3.63) is 65.7 Å². The van der Waals surface area contributed by atoms with Gasteiger partial charge in [0.05, 0.1) is 12.5 Å². The van der Waals surface area contributed by atoms with Gasteiger partial charge in [-0.1, -0.05) is 55.5 Å². The van der Waals surface area contributed by atoms with E-state index in [1.807, 2.05) is 61.5 Å². The number of hydrogen-bond acceptors (Lipinski definition) is 3. The van der Waals surface area contributed by atoms with Crippen molar-refractivity contribution in [3.63, 3.8) is 0 Å². The average Bonchev–Trinajstić information content (AvgIpc) is 3.49. The maximum Gasteiger partial charge on any atom is 0.225 e. The molecule has 0 aliphatic heterocycles. The second-order valence-corrected chi connectivity index (χ2v) is 6.81. The Bertz CT molecular complexity index is 704. The number of nitrogens with two attached hydrogens (primary N) is 1. The quantitative estimate of drug-likeness (QED) is 0.737. The predicted octanol–water partition coefficient (Wildman–Crippen LogP) is 3.85. The smallest absolute Gasteiger partial charge is 0.225 e. The Morgan fingerprint density at radius 1 is 1.15 bits per heavy atom. The molecule has 0 spiro atoms. The fourth-order valence-corrected chi connectivity index (χ4v) is 2.75. The van der Waals surface area contributed by atoms with Crippen molar-refractivity contribution in [1.82, 2.24) is 5.32 Å². The lowest BCUT2D eigenvalue weighted by Crippen LogP contribution is -2.35. The molecule has 2 aromatic carbocycles. The fourth-order valence-electron chi connectivity index (χ4n) is 2.75. The minimum atomic E-state index is -0.317. The van der Waals surface area contributed by atoms with E-state index in [0.29, 0.717) is 12.5 Å². The van der Waals surface area contributed by atoms with E-state index < -0.39 is 0 Å². The summed E-state index contributed by atoms with van der Waals surface area (Å²) in [5.41, 5.74) is 8.21. The third-order valence-corrected chi connectivity index (χ3v) is 4.73. The van der Waals surface area contributed by atoms with Gasteiger partial charge in [0, 0.05) is 18.2 Å². The monoisotopic (exact) mass is 374 g/mol. The molecule has 5 heteroatoms. The molecule has 3 rings (SSSR count). The van der Waals surface area contributed by atoms with Crippen LogP contribution in [0.4, 0.5) is 0 Å². The molecule has 2 aromatic rings. The van der Waals surface area contributed by atoms with E-state index in [4.69, 9.17) is 10.5 Å². The zero-order chi connectivity index (χ0) is 17.6. The molecule has 26 heavy (non-hydrogen) atoms. The van der Waals surface area contributed by atoms with E-state index in [9.17, 15) is 4.79 Å². The molecule has 2 atom stereocenters. The SMILES string of the molecule is CC(C(=O)NCc1ccccc1OCC1CC1)C(N)c1ccccc1.Cl. The summed E-state index contributed by atoms with van der Waals surface area (Å²) in [7, 11) is 0. The summed E-state index contributed by atoms with van der Waals surface area (Å²) in [6.45, 7) is 3.08. The standard InChI is InChI=1S/C21H26N2O2.ClH/c1-15(20(22)17-7-3-2-4-8-17)21(24)23-13-18-9-5-6-10-19(18)25-14-16-11-12-16;/h2-10,15-16,20H,11-14,22H2,1H3,(H,23,24);1H. The first kappa shape index (κ1) is 20.3. The highest BCUT2D eigenvalue weighted by atomic mass is 35.5. The first-order valence-electron chi connectivity index (χ1n) is 8.94. The molecule has 1 aliphatic carbocycles. The number of ether oxygens (including phenoxy) is 1. The van der Waals surface area contributed by atoms with E-state index >= 15 is 0 Å². The number of para-hydroxylation sites is 1. The van der Waals surface area contributed by atoms with Crippen LogP contribution >= 0.6 is 12.4 Å². The summed E-state index contributed by atoms with van der Waals surface area (Å²) in [6, 6.07) is 17.3. The Balaban J connectivity index is 0.00000243. The Hall–Kier alpha value is -2.04. The largest absolute Gasteiger partial charge is 0.493 e. The van der Waals surface area contributed by atoms with E-state index in [2.05, 4.69) is 5.32 Å². The zero-order valence-corrected chi connectivity index (χ0v) is 15.9. The van der Waals surface area contributed by atoms with Gasteiger partial charge >= 0.3 is 0 Å². The van der Waals surface area contributed by atoms with Crippen molar-refractivity contribution in [2.45, 2.75) is 32.4 Å². The van der Waals surface area contributed by atoms with Crippen LogP contribution in [0.1, 0.15) is 36.9 Å². The molecule has 1 saturated carbocycles. The molecule has 140 valence electrons. The van der Waals surface area contributed by atoms with E-state index in [0.717, 1.165) is 23.5 Å². The van der Waals surface area contributed by atoms with Gasteiger partial charge < -0.3 is 15.8 Å². The number of hydrogen-bond donors (Lipinski definition) is 2. The summed E-state index contributed by atoms with van der Waals surface area (Å²) in [4.78, 5) is 12.5.